The van der Waals surface area contributed by atoms with Crippen LogP contribution in [-0.2, 0) is 9.53 Å². The Labute approximate surface area is 88.5 Å². The molecule has 1 aliphatic carbocycles. The SMILES string of the molecule is COCC1CCC2(CC1)NC(=O)NC2=O. The molecule has 2 rings (SSSR count). The first-order valence-electron chi connectivity index (χ1n) is 5.29. The smallest absolute Gasteiger partial charge is 0.322 e. The average molecular weight is 212 g/mol. The molecule has 1 saturated carbocycles. The van der Waals surface area contributed by atoms with Crippen LogP contribution in [0, 0.1) is 5.92 Å². The Bertz CT molecular complexity index is 282. The summed E-state index contributed by atoms with van der Waals surface area (Å²) in [5.74, 6) is 0.356. The van der Waals surface area contributed by atoms with Gasteiger partial charge in [-0.1, -0.05) is 0 Å². The van der Waals surface area contributed by atoms with Crippen LogP contribution in [0.5, 0.6) is 0 Å². The molecule has 2 aliphatic rings. The molecule has 0 bridgehead atoms. The Kier molecular flexibility index (Phi) is 2.65. The van der Waals surface area contributed by atoms with Gasteiger partial charge in [0.15, 0.2) is 0 Å². The second kappa shape index (κ2) is 3.81. The number of methoxy groups -OCH3 is 1. The minimum absolute atomic E-state index is 0.164. The molecule has 84 valence electrons. The van der Waals surface area contributed by atoms with E-state index >= 15 is 0 Å². The molecule has 0 aromatic carbocycles. The first-order chi connectivity index (χ1) is 7.16. The van der Waals surface area contributed by atoms with E-state index in [1.807, 2.05) is 0 Å². The summed E-state index contributed by atoms with van der Waals surface area (Å²) in [7, 11) is 1.69. The maximum absolute atomic E-state index is 11.6. The maximum Gasteiger partial charge on any atom is 0.322 e. The fourth-order valence-electron chi connectivity index (χ4n) is 2.45. The number of imide groups is 1. The highest BCUT2D eigenvalue weighted by atomic mass is 16.5. The van der Waals surface area contributed by atoms with E-state index in [1.165, 1.54) is 0 Å². The Balaban J connectivity index is 1.97. The van der Waals surface area contributed by atoms with Crippen LogP contribution in [0.3, 0.4) is 0 Å². The average Bonchev–Trinajstić information content (AvgIpc) is 2.47. The number of rotatable bonds is 2. The van der Waals surface area contributed by atoms with Crippen LogP contribution >= 0.6 is 0 Å². The molecular weight excluding hydrogens is 196 g/mol. The van der Waals surface area contributed by atoms with Crippen molar-refractivity contribution >= 4 is 11.9 Å². The van der Waals surface area contributed by atoms with E-state index in [1.54, 1.807) is 7.11 Å². The van der Waals surface area contributed by atoms with Crippen molar-refractivity contribution in [2.24, 2.45) is 5.92 Å². The number of amides is 3. The molecule has 0 aromatic rings. The van der Waals surface area contributed by atoms with Gasteiger partial charge in [0.25, 0.3) is 5.91 Å². The number of carbonyl (C=O) groups is 2. The Morgan fingerprint density at radius 1 is 1.40 bits per heavy atom. The van der Waals surface area contributed by atoms with Crippen LogP contribution in [0.4, 0.5) is 4.79 Å². The zero-order valence-corrected chi connectivity index (χ0v) is 8.84. The number of urea groups is 1. The van der Waals surface area contributed by atoms with E-state index in [0.717, 1.165) is 32.3 Å². The molecule has 1 heterocycles. The molecule has 0 radical (unpaired) electrons. The summed E-state index contributed by atoms with van der Waals surface area (Å²) in [6, 6.07) is -0.356. The van der Waals surface area contributed by atoms with Crippen LogP contribution in [-0.4, -0.2) is 31.2 Å². The molecule has 3 amide bonds. The van der Waals surface area contributed by atoms with E-state index in [2.05, 4.69) is 10.6 Å². The topological polar surface area (TPSA) is 67.4 Å². The van der Waals surface area contributed by atoms with Crippen LogP contribution in [0.2, 0.25) is 0 Å². The van der Waals surface area contributed by atoms with E-state index in [4.69, 9.17) is 4.74 Å². The summed E-state index contributed by atoms with van der Waals surface area (Å²) in [6.07, 6.45) is 3.31. The van der Waals surface area contributed by atoms with Crippen molar-refractivity contribution in [2.75, 3.05) is 13.7 Å². The zero-order chi connectivity index (χ0) is 10.9. The van der Waals surface area contributed by atoms with Crippen LogP contribution < -0.4 is 10.6 Å². The largest absolute Gasteiger partial charge is 0.384 e. The fraction of sp³-hybridized carbons (Fsp3) is 0.800. The van der Waals surface area contributed by atoms with Gasteiger partial charge < -0.3 is 10.1 Å². The van der Waals surface area contributed by atoms with Gasteiger partial charge >= 0.3 is 6.03 Å². The summed E-state index contributed by atoms with van der Waals surface area (Å²) >= 11 is 0. The molecule has 15 heavy (non-hydrogen) atoms. The van der Waals surface area contributed by atoms with Crippen molar-refractivity contribution in [1.29, 1.82) is 0 Å². The number of nitrogens with one attached hydrogen (secondary N) is 2. The molecular formula is C10H16N2O3. The molecule has 1 aliphatic heterocycles. The highest BCUT2D eigenvalue weighted by molar-refractivity contribution is 6.07. The summed E-state index contributed by atoms with van der Waals surface area (Å²) in [5, 5.41) is 5.05. The molecule has 1 saturated heterocycles. The molecule has 5 heteroatoms. The Morgan fingerprint density at radius 3 is 2.53 bits per heavy atom. The van der Waals surface area contributed by atoms with Gasteiger partial charge in [-0.15, -0.1) is 0 Å². The third-order valence-corrected chi connectivity index (χ3v) is 3.38. The minimum atomic E-state index is -0.624. The third kappa shape index (κ3) is 1.84. The zero-order valence-electron chi connectivity index (χ0n) is 8.84. The lowest BCUT2D eigenvalue weighted by Gasteiger charge is -2.34. The van der Waals surface area contributed by atoms with Crippen molar-refractivity contribution in [2.45, 2.75) is 31.2 Å². The third-order valence-electron chi connectivity index (χ3n) is 3.38. The number of carbonyl (C=O) groups excluding carboxylic acids is 2. The van der Waals surface area contributed by atoms with E-state index in [-0.39, 0.29) is 11.9 Å². The quantitative estimate of drug-likeness (QED) is 0.651. The first kappa shape index (κ1) is 10.4. The molecule has 0 atom stereocenters. The fourth-order valence-corrected chi connectivity index (χ4v) is 2.45. The first-order valence-corrected chi connectivity index (χ1v) is 5.29. The van der Waals surface area contributed by atoms with E-state index in [0.29, 0.717) is 5.92 Å². The summed E-state index contributed by atoms with van der Waals surface area (Å²) in [5.41, 5.74) is -0.624. The van der Waals surface area contributed by atoms with Crippen LogP contribution in [0.1, 0.15) is 25.7 Å². The monoisotopic (exact) mass is 212 g/mol. The second-order valence-corrected chi connectivity index (χ2v) is 4.39. The van der Waals surface area contributed by atoms with Crippen LogP contribution in [0.15, 0.2) is 0 Å². The van der Waals surface area contributed by atoms with Gasteiger partial charge in [-0.3, -0.25) is 10.1 Å². The highest BCUT2D eigenvalue weighted by Gasteiger charge is 2.47. The molecule has 2 N–H and O–H groups in total. The maximum atomic E-state index is 11.6. The Morgan fingerprint density at radius 2 is 2.07 bits per heavy atom. The predicted octanol–water partition coefficient (Wildman–Crippen LogP) is 0.401. The predicted molar refractivity (Wildman–Crippen MR) is 53.2 cm³/mol. The van der Waals surface area contributed by atoms with Gasteiger partial charge in [-0.05, 0) is 31.6 Å². The van der Waals surface area contributed by atoms with Crippen molar-refractivity contribution in [3.8, 4) is 0 Å². The van der Waals surface area contributed by atoms with Gasteiger partial charge in [0.2, 0.25) is 0 Å². The Hall–Kier alpha value is -1.10. The van der Waals surface area contributed by atoms with Gasteiger partial charge in [0, 0.05) is 13.7 Å². The lowest BCUT2D eigenvalue weighted by atomic mass is 9.77. The summed E-state index contributed by atoms with van der Waals surface area (Å²) < 4.78 is 5.09. The second-order valence-electron chi connectivity index (χ2n) is 4.39. The molecule has 0 unspecified atom stereocenters. The lowest BCUT2D eigenvalue weighted by molar-refractivity contribution is -0.125. The van der Waals surface area contributed by atoms with Crippen molar-refractivity contribution in [1.82, 2.24) is 10.6 Å². The normalized spacial score (nSPS) is 35.4. The van der Waals surface area contributed by atoms with Crippen LogP contribution in [0.25, 0.3) is 0 Å². The minimum Gasteiger partial charge on any atom is -0.384 e. The molecule has 2 fully saturated rings. The standard InChI is InChI=1S/C10H16N2O3/c1-15-6-7-2-4-10(5-3-7)8(13)11-9(14)12-10/h7H,2-6H2,1H3,(H2,11,12,13,14). The van der Waals surface area contributed by atoms with Gasteiger partial charge in [0.1, 0.15) is 5.54 Å². The number of hydrogen-bond donors (Lipinski definition) is 2. The molecule has 1 spiro atoms. The number of ether oxygens (including phenoxy) is 1. The van der Waals surface area contributed by atoms with Crippen molar-refractivity contribution < 1.29 is 14.3 Å². The van der Waals surface area contributed by atoms with Gasteiger partial charge in [0.05, 0.1) is 0 Å². The lowest BCUT2D eigenvalue weighted by Crippen LogP contribution is -2.49. The molecule has 0 aromatic heterocycles. The highest BCUT2D eigenvalue weighted by Crippen LogP contribution is 2.34. The van der Waals surface area contributed by atoms with Gasteiger partial charge in [-0.25, -0.2) is 4.79 Å². The van der Waals surface area contributed by atoms with Gasteiger partial charge in [-0.2, -0.15) is 0 Å². The van der Waals surface area contributed by atoms with E-state index in [9.17, 15) is 9.59 Å². The summed E-state index contributed by atoms with van der Waals surface area (Å²) in [4.78, 5) is 22.7. The van der Waals surface area contributed by atoms with E-state index < -0.39 is 5.54 Å². The number of hydrogen-bond acceptors (Lipinski definition) is 3. The van der Waals surface area contributed by atoms with Crippen molar-refractivity contribution in [3.63, 3.8) is 0 Å². The summed E-state index contributed by atoms with van der Waals surface area (Å²) in [6.45, 7) is 0.742. The van der Waals surface area contributed by atoms with Crippen molar-refractivity contribution in [3.05, 3.63) is 0 Å². The molecule has 5 nitrogen and oxygen atoms in total.